The summed E-state index contributed by atoms with van der Waals surface area (Å²) in [5.41, 5.74) is 5.91. The molecular weight excluding hydrogens is 350 g/mol. The molecule has 2 aromatic heterocycles. The molecule has 0 aliphatic heterocycles. The molecule has 3 aromatic rings. The van der Waals surface area contributed by atoms with Crippen LogP contribution in [0, 0.1) is 6.92 Å². The average molecular weight is 382 g/mol. The van der Waals surface area contributed by atoms with E-state index in [2.05, 4.69) is 72.7 Å². The zero-order chi connectivity index (χ0) is 19.9. The van der Waals surface area contributed by atoms with E-state index in [1.165, 1.54) is 22.2 Å². The van der Waals surface area contributed by atoms with Gasteiger partial charge in [-0.15, -0.1) is 0 Å². The Labute approximate surface area is 166 Å². The number of nitrogens with zero attached hydrogens (tertiary/aromatic N) is 2. The number of guanidine groups is 1. The van der Waals surface area contributed by atoms with Gasteiger partial charge in [0.2, 0.25) is 0 Å². The van der Waals surface area contributed by atoms with E-state index in [0.717, 1.165) is 55.3 Å². The van der Waals surface area contributed by atoms with Gasteiger partial charge < -0.3 is 20.1 Å². The van der Waals surface area contributed by atoms with Crippen molar-refractivity contribution in [3.8, 4) is 0 Å². The summed E-state index contributed by atoms with van der Waals surface area (Å²) in [4.78, 5) is 8.23. The summed E-state index contributed by atoms with van der Waals surface area (Å²) < 4.78 is 5.45. The second-order valence-electron chi connectivity index (χ2n) is 6.88. The summed E-state index contributed by atoms with van der Waals surface area (Å²) in [5, 5.41) is 12.3. The highest BCUT2D eigenvalue weighted by atomic mass is 16.5. The molecular formula is C22H31N5O. The molecule has 150 valence electrons. The maximum absolute atomic E-state index is 5.45. The lowest BCUT2D eigenvalue weighted by Crippen LogP contribution is -2.38. The molecule has 0 saturated heterocycles. The van der Waals surface area contributed by atoms with Gasteiger partial charge in [0.05, 0.1) is 12.2 Å². The lowest BCUT2D eigenvalue weighted by atomic mass is 10.1. The van der Waals surface area contributed by atoms with Crippen molar-refractivity contribution in [2.45, 2.75) is 53.5 Å². The van der Waals surface area contributed by atoms with E-state index >= 15 is 0 Å². The lowest BCUT2D eigenvalue weighted by Gasteiger charge is -2.11. The predicted molar refractivity (Wildman–Crippen MR) is 115 cm³/mol. The van der Waals surface area contributed by atoms with Gasteiger partial charge in [-0.25, -0.2) is 4.99 Å². The summed E-state index contributed by atoms with van der Waals surface area (Å²) in [7, 11) is 0. The molecule has 0 spiro atoms. The van der Waals surface area contributed by atoms with Crippen LogP contribution in [-0.2, 0) is 25.8 Å². The van der Waals surface area contributed by atoms with Gasteiger partial charge in [-0.1, -0.05) is 37.2 Å². The first-order valence-electron chi connectivity index (χ1n) is 10.2. The van der Waals surface area contributed by atoms with Gasteiger partial charge in [0.15, 0.2) is 5.96 Å². The fourth-order valence-electron chi connectivity index (χ4n) is 3.58. The molecule has 0 saturated carbocycles. The number of para-hydroxylation sites is 1. The van der Waals surface area contributed by atoms with Crippen LogP contribution in [0.5, 0.6) is 0 Å². The number of rotatable bonds is 8. The smallest absolute Gasteiger partial charge is 0.191 e. The molecule has 2 heterocycles. The van der Waals surface area contributed by atoms with Crippen LogP contribution in [0.1, 0.15) is 49.0 Å². The second-order valence-corrected chi connectivity index (χ2v) is 6.88. The minimum Gasteiger partial charge on any atom is -0.361 e. The first-order valence-corrected chi connectivity index (χ1v) is 10.2. The molecule has 0 radical (unpaired) electrons. The normalized spacial score (nSPS) is 11.9. The van der Waals surface area contributed by atoms with Gasteiger partial charge in [0.25, 0.3) is 0 Å². The summed E-state index contributed by atoms with van der Waals surface area (Å²) >= 11 is 0. The Bertz CT molecular complexity index is 916. The van der Waals surface area contributed by atoms with E-state index < -0.39 is 0 Å². The van der Waals surface area contributed by atoms with Crippen LogP contribution in [-0.4, -0.2) is 29.2 Å². The minimum absolute atomic E-state index is 0.581. The summed E-state index contributed by atoms with van der Waals surface area (Å²) in [6.45, 7) is 10.6. The van der Waals surface area contributed by atoms with Crippen molar-refractivity contribution in [3.05, 3.63) is 52.5 Å². The molecule has 0 atom stereocenters. The maximum Gasteiger partial charge on any atom is 0.191 e. The van der Waals surface area contributed by atoms with Gasteiger partial charge in [-0.3, -0.25) is 0 Å². The van der Waals surface area contributed by atoms with E-state index in [0.29, 0.717) is 6.54 Å². The Morgan fingerprint density at radius 2 is 1.93 bits per heavy atom. The number of hydrogen-bond donors (Lipinski definition) is 3. The number of aromatic nitrogens is 2. The summed E-state index contributed by atoms with van der Waals surface area (Å²) in [6.07, 6.45) is 2.63. The highest BCUT2D eigenvalue weighted by Crippen LogP contribution is 2.22. The van der Waals surface area contributed by atoms with Gasteiger partial charge in [-0.2, -0.15) is 0 Å². The van der Waals surface area contributed by atoms with Crippen LogP contribution in [0.3, 0.4) is 0 Å². The minimum atomic E-state index is 0.581. The van der Waals surface area contributed by atoms with Gasteiger partial charge in [0.1, 0.15) is 5.76 Å². The monoisotopic (exact) mass is 381 g/mol. The van der Waals surface area contributed by atoms with Gasteiger partial charge in [0, 0.05) is 41.7 Å². The van der Waals surface area contributed by atoms with Crippen molar-refractivity contribution < 1.29 is 4.52 Å². The van der Waals surface area contributed by atoms with E-state index in [9.17, 15) is 0 Å². The number of fused-ring (bicyclic) bond motifs is 1. The van der Waals surface area contributed by atoms with Gasteiger partial charge in [-0.05, 0) is 38.3 Å². The third-order valence-corrected chi connectivity index (χ3v) is 5.04. The predicted octanol–water partition coefficient (Wildman–Crippen LogP) is 3.89. The largest absolute Gasteiger partial charge is 0.361 e. The zero-order valence-electron chi connectivity index (χ0n) is 17.4. The molecule has 0 aliphatic rings. The molecule has 0 fully saturated rings. The van der Waals surface area contributed by atoms with Crippen LogP contribution in [0.15, 0.2) is 33.8 Å². The Morgan fingerprint density at radius 1 is 1.11 bits per heavy atom. The van der Waals surface area contributed by atoms with Crippen molar-refractivity contribution >= 4 is 16.9 Å². The molecule has 1 aromatic carbocycles. The number of nitrogens with one attached hydrogen (secondary N) is 3. The van der Waals surface area contributed by atoms with Crippen LogP contribution >= 0.6 is 0 Å². The standard InChI is InChI=1S/C22H31N5O/c1-5-19-18(21(6-2)28-27-19)14-25-22(23-7-3)24-13-12-16-15(4)26-20-11-9-8-10-17(16)20/h8-11,26H,5-7,12-14H2,1-4H3,(H2,23,24,25). The first kappa shape index (κ1) is 20.0. The first-order chi connectivity index (χ1) is 13.7. The number of aliphatic imine (C=N–C) groups is 1. The average Bonchev–Trinajstić information content (AvgIpc) is 3.25. The molecule has 0 aliphatic carbocycles. The number of H-pyrrole nitrogens is 1. The van der Waals surface area contributed by atoms with Crippen molar-refractivity contribution in [2.75, 3.05) is 13.1 Å². The van der Waals surface area contributed by atoms with E-state index in [4.69, 9.17) is 9.52 Å². The number of aryl methyl sites for hydroxylation is 3. The fourth-order valence-corrected chi connectivity index (χ4v) is 3.58. The Morgan fingerprint density at radius 3 is 2.68 bits per heavy atom. The molecule has 3 rings (SSSR count). The van der Waals surface area contributed by atoms with Crippen molar-refractivity contribution in [2.24, 2.45) is 4.99 Å². The van der Waals surface area contributed by atoms with Crippen LogP contribution in [0.2, 0.25) is 0 Å². The van der Waals surface area contributed by atoms with Crippen LogP contribution in [0.25, 0.3) is 10.9 Å². The molecule has 0 unspecified atom stereocenters. The van der Waals surface area contributed by atoms with E-state index in [-0.39, 0.29) is 0 Å². The zero-order valence-corrected chi connectivity index (χ0v) is 17.4. The van der Waals surface area contributed by atoms with Crippen LogP contribution < -0.4 is 10.6 Å². The lowest BCUT2D eigenvalue weighted by molar-refractivity contribution is 0.380. The van der Waals surface area contributed by atoms with Crippen molar-refractivity contribution in [3.63, 3.8) is 0 Å². The number of aromatic amines is 1. The summed E-state index contributed by atoms with van der Waals surface area (Å²) in [6, 6.07) is 8.46. The maximum atomic E-state index is 5.45. The molecule has 6 nitrogen and oxygen atoms in total. The highest BCUT2D eigenvalue weighted by molar-refractivity contribution is 5.84. The second kappa shape index (κ2) is 9.44. The van der Waals surface area contributed by atoms with Crippen molar-refractivity contribution in [1.29, 1.82) is 0 Å². The molecule has 3 N–H and O–H groups in total. The fraction of sp³-hybridized carbons (Fsp3) is 0.455. The Kier molecular flexibility index (Phi) is 6.74. The number of benzene rings is 1. The Balaban J connectivity index is 1.67. The quantitative estimate of drug-likeness (QED) is 0.409. The third kappa shape index (κ3) is 4.38. The van der Waals surface area contributed by atoms with Crippen LogP contribution in [0.4, 0.5) is 0 Å². The number of hydrogen-bond acceptors (Lipinski definition) is 3. The van der Waals surface area contributed by atoms with Crippen molar-refractivity contribution in [1.82, 2.24) is 20.8 Å². The highest BCUT2D eigenvalue weighted by Gasteiger charge is 2.13. The molecule has 0 amide bonds. The van der Waals surface area contributed by atoms with E-state index in [1.807, 2.05) is 0 Å². The Hall–Kier alpha value is -2.76. The molecule has 28 heavy (non-hydrogen) atoms. The molecule has 0 bridgehead atoms. The summed E-state index contributed by atoms with van der Waals surface area (Å²) in [5.74, 6) is 1.76. The molecule has 6 heteroatoms. The SMILES string of the molecule is CCNC(=NCc1c(CC)noc1CC)NCCc1c(C)[nH]c2ccccc12. The van der Waals surface area contributed by atoms with Gasteiger partial charge >= 0.3 is 0 Å². The third-order valence-electron chi connectivity index (χ3n) is 5.04. The topological polar surface area (TPSA) is 78.2 Å². The van der Waals surface area contributed by atoms with E-state index in [1.54, 1.807) is 0 Å².